The van der Waals surface area contributed by atoms with Gasteiger partial charge in [0.25, 0.3) is 0 Å². The SMILES string of the molecule is O=C(NCCCc1ccc(O)cc1)C1CC1c1ccc(Cl)c(Cl)c1. The lowest BCUT2D eigenvalue weighted by Crippen LogP contribution is -2.26. The molecule has 3 nitrogen and oxygen atoms in total. The van der Waals surface area contributed by atoms with Crippen molar-refractivity contribution in [2.24, 2.45) is 5.92 Å². The van der Waals surface area contributed by atoms with Crippen LogP contribution < -0.4 is 5.32 Å². The summed E-state index contributed by atoms with van der Waals surface area (Å²) in [5.74, 6) is 0.665. The number of amides is 1. The predicted molar refractivity (Wildman–Crippen MR) is 96.7 cm³/mol. The number of hydrogen-bond donors (Lipinski definition) is 2. The summed E-state index contributed by atoms with van der Waals surface area (Å²) in [7, 11) is 0. The highest BCUT2D eigenvalue weighted by Crippen LogP contribution is 2.48. The van der Waals surface area contributed by atoms with E-state index in [1.54, 1.807) is 18.2 Å². The number of phenolic OH excluding ortho intramolecular Hbond substituents is 1. The van der Waals surface area contributed by atoms with Gasteiger partial charge in [-0.1, -0.05) is 41.4 Å². The largest absolute Gasteiger partial charge is 0.508 e. The topological polar surface area (TPSA) is 49.3 Å². The van der Waals surface area contributed by atoms with Gasteiger partial charge >= 0.3 is 0 Å². The third-order valence-corrected chi connectivity index (χ3v) is 5.12. The average Bonchev–Trinajstić information content (AvgIpc) is 3.36. The molecule has 5 heteroatoms. The molecule has 0 aliphatic heterocycles. The molecule has 1 saturated carbocycles. The van der Waals surface area contributed by atoms with E-state index in [2.05, 4.69) is 5.32 Å². The van der Waals surface area contributed by atoms with Crippen LogP contribution in [0, 0.1) is 5.92 Å². The van der Waals surface area contributed by atoms with E-state index >= 15 is 0 Å². The molecule has 1 fully saturated rings. The number of aromatic hydroxyl groups is 1. The number of carbonyl (C=O) groups is 1. The molecule has 126 valence electrons. The maximum atomic E-state index is 12.2. The Kier molecular flexibility index (Phi) is 5.32. The molecule has 3 rings (SSSR count). The molecule has 2 unspecified atom stereocenters. The maximum Gasteiger partial charge on any atom is 0.223 e. The van der Waals surface area contributed by atoms with Gasteiger partial charge in [-0.15, -0.1) is 0 Å². The van der Waals surface area contributed by atoms with Crippen LogP contribution in [0.3, 0.4) is 0 Å². The van der Waals surface area contributed by atoms with Crippen LogP contribution in [0.4, 0.5) is 0 Å². The Balaban J connectivity index is 1.42. The van der Waals surface area contributed by atoms with Gasteiger partial charge in [0.05, 0.1) is 10.0 Å². The molecule has 0 radical (unpaired) electrons. The van der Waals surface area contributed by atoms with Crippen LogP contribution in [0.1, 0.15) is 29.9 Å². The first kappa shape index (κ1) is 17.1. The van der Waals surface area contributed by atoms with Gasteiger partial charge in [0.2, 0.25) is 5.91 Å². The fraction of sp³-hybridized carbons (Fsp3) is 0.316. The fourth-order valence-electron chi connectivity index (χ4n) is 2.89. The van der Waals surface area contributed by atoms with Crippen LogP contribution >= 0.6 is 23.2 Å². The summed E-state index contributed by atoms with van der Waals surface area (Å²) in [4.78, 5) is 12.2. The molecule has 2 N–H and O–H groups in total. The Bertz CT molecular complexity index is 731. The van der Waals surface area contributed by atoms with Crippen LogP contribution in [-0.4, -0.2) is 17.6 Å². The van der Waals surface area contributed by atoms with E-state index in [1.807, 2.05) is 24.3 Å². The lowest BCUT2D eigenvalue weighted by Gasteiger charge is -2.06. The van der Waals surface area contributed by atoms with Crippen molar-refractivity contribution in [3.8, 4) is 5.75 Å². The van der Waals surface area contributed by atoms with E-state index < -0.39 is 0 Å². The lowest BCUT2D eigenvalue weighted by atomic mass is 10.1. The molecule has 2 aromatic rings. The van der Waals surface area contributed by atoms with Gasteiger partial charge in [-0.2, -0.15) is 0 Å². The lowest BCUT2D eigenvalue weighted by molar-refractivity contribution is -0.122. The minimum Gasteiger partial charge on any atom is -0.508 e. The summed E-state index contributed by atoms with van der Waals surface area (Å²) in [5.41, 5.74) is 2.23. The molecular weight excluding hydrogens is 345 g/mol. The minimum absolute atomic E-state index is 0.0379. The van der Waals surface area contributed by atoms with Gasteiger partial charge in [-0.25, -0.2) is 0 Å². The smallest absolute Gasteiger partial charge is 0.223 e. The van der Waals surface area contributed by atoms with Crippen LogP contribution in [-0.2, 0) is 11.2 Å². The summed E-state index contributed by atoms with van der Waals surface area (Å²) in [5, 5.41) is 13.3. The first-order valence-electron chi connectivity index (χ1n) is 8.05. The number of phenols is 1. The first-order valence-corrected chi connectivity index (χ1v) is 8.81. The number of hydrogen-bond acceptors (Lipinski definition) is 2. The van der Waals surface area contributed by atoms with E-state index in [0.717, 1.165) is 30.4 Å². The van der Waals surface area contributed by atoms with Crippen molar-refractivity contribution in [3.63, 3.8) is 0 Å². The van der Waals surface area contributed by atoms with E-state index in [1.165, 1.54) is 0 Å². The van der Waals surface area contributed by atoms with Crippen molar-refractivity contribution in [3.05, 3.63) is 63.6 Å². The van der Waals surface area contributed by atoms with Gasteiger partial charge < -0.3 is 10.4 Å². The number of benzene rings is 2. The van der Waals surface area contributed by atoms with E-state index in [-0.39, 0.29) is 23.5 Å². The second-order valence-electron chi connectivity index (χ2n) is 6.18. The van der Waals surface area contributed by atoms with E-state index in [0.29, 0.717) is 16.6 Å². The van der Waals surface area contributed by atoms with Crippen molar-refractivity contribution in [2.45, 2.75) is 25.2 Å². The number of rotatable bonds is 6. The van der Waals surface area contributed by atoms with Crippen LogP contribution in [0.25, 0.3) is 0 Å². The van der Waals surface area contributed by atoms with Crippen LogP contribution in [0.2, 0.25) is 10.0 Å². The molecule has 24 heavy (non-hydrogen) atoms. The molecular formula is C19H19Cl2NO2. The Morgan fingerprint density at radius 2 is 1.88 bits per heavy atom. The van der Waals surface area contributed by atoms with Gasteiger partial charge in [0.15, 0.2) is 0 Å². The van der Waals surface area contributed by atoms with Crippen molar-refractivity contribution in [2.75, 3.05) is 6.54 Å². The standard InChI is InChI=1S/C19H19Cl2NO2/c20-17-8-5-13(10-18(17)21)15-11-16(15)19(24)22-9-1-2-12-3-6-14(23)7-4-12/h3-8,10,15-16,23H,1-2,9,11H2,(H,22,24). The highest BCUT2D eigenvalue weighted by molar-refractivity contribution is 6.42. The van der Waals surface area contributed by atoms with Crippen LogP contribution in [0.5, 0.6) is 5.75 Å². The second-order valence-corrected chi connectivity index (χ2v) is 7.00. The molecule has 2 aromatic carbocycles. The maximum absolute atomic E-state index is 12.2. The Labute approximate surface area is 151 Å². The molecule has 0 aromatic heterocycles. The van der Waals surface area contributed by atoms with Crippen LogP contribution in [0.15, 0.2) is 42.5 Å². The summed E-state index contributed by atoms with van der Waals surface area (Å²) in [6.45, 7) is 0.657. The molecule has 1 aliphatic carbocycles. The highest BCUT2D eigenvalue weighted by Gasteiger charge is 2.43. The third-order valence-electron chi connectivity index (χ3n) is 4.38. The normalized spacial score (nSPS) is 19.1. The zero-order valence-corrected chi connectivity index (χ0v) is 14.6. The quantitative estimate of drug-likeness (QED) is 0.739. The van der Waals surface area contributed by atoms with Gasteiger partial charge in [0.1, 0.15) is 5.75 Å². The molecule has 2 atom stereocenters. The highest BCUT2D eigenvalue weighted by atomic mass is 35.5. The zero-order valence-electron chi connectivity index (χ0n) is 13.1. The zero-order chi connectivity index (χ0) is 17.1. The van der Waals surface area contributed by atoms with E-state index in [4.69, 9.17) is 23.2 Å². The number of halogens is 2. The second kappa shape index (κ2) is 7.45. The number of aryl methyl sites for hydroxylation is 1. The van der Waals surface area contributed by atoms with Crippen molar-refractivity contribution < 1.29 is 9.90 Å². The first-order chi connectivity index (χ1) is 11.5. The fourth-order valence-corrected chi connectivity index (χ4v) is 3.20. The molecule has 0 saturated heterocycles. The van der Waals surface area contributed by atoms with Crippen molar-refractivity contribution in [1.29, 1.82) is 0 Å². The van der Waals surface area contributed by atoms with Crippen molar-refractivity contribution in [1.82, 2.24) is 5.32 Å². The monoisotopic (exact) mass is 363 g/mol. The molecule has 1 aliphatic rings. The number of carbonyl (C=O) groups excluding carboxylic acids is 1. The van der Waals surface area contributed by atoms with Gasteiger partial charge in [-0.3, -0.25) is 4.79 Å². The number of nitrogens with one attached hydrogen (secondary N) is 1. The molecule has 1 amide bonds. The molecule has 0 heterocycles. The minimum atomic E-state index is 0.0379. The summed E-state index contributed by atoms with van der Waals surface area (Å²) in [6.07, 6.45) is 2.61. The van der Waals surface area contributed by atoms with Gasteiger partial charge in [-0.05, 0) is 60.6 Å². The summed E-state index contributed by atoms with van der Waals surface area (Å²) < 4.78 is 0. The van der Waals surface area contributed by atoms with E-state index in [9.17, 15) is 9.90 Å². The summed E-state index contributed by atoms with van der Waals surface area (Å²) >= 11 is 12.0. The Hall–Kier alpha value is -1.71. The molecule has 0 bridgehead atoms. The predicted octanol–water partition coefficient (Wildman–Crippen LogP) is 4.55. The van der Waals surface area contributed by atoms with Gasteiger partial charge in [0, 0.05) is 12.5 Å². The third kappa shape index (κ3) is 4.22. The van der Waals surface area contributed by atoms with Crippen molar-refractivity contribution >= 4 is 29.1 Å². The Morgan fingerprint density at radius 3 is 2.58 bits per heavy atom. The Morgan fingerprint density at radius 1 is 1.12 bits per heavy atom. The average molecular weight is 364 g/mol. The molecule has 0 spiro atoms. The summed E-state index contributed by atoms with van der Waals surface area (Å²) in [6, 6.07) is 12.7.